The molecule has 0 unspecified atom stereocenters. The van der Waals surface area contributed by atoms with Crippen molar-refractivity contribution in [1.82, 2.24) is 19.7 Å². The molecule has 35 heavy (non-hydrogen) atoms. The van der Waals surface area contributed by atoms with E-state index < -0.39 is 11.8 Å². The summed E-state index contributed by atoms with van der Waals surface area (Å²) < 4.78 is 7.03. The quantitative estimate of drug-likeness (QED) is 0.338. The van der Waals surface area contributed by atoms with E-state index in [2.05, 4.69) is 32.6 Å². The van der Waals surface area contributed by atoms with Crippen molar-refractivity contribution in [2.45, 2.75) is 26.2 Å². The molecule has 1 aliphatic rings. The van der Waals surface area contributed by atoms with Crippen LogP contribution in [0.4, 0.5) is 11.5 Å². The van der Waals surface area contributed by atoms with Crippen molar-refractivity contribution in [3.8, 4) is 17.1 Å². The monoisotopic (exact) mass is 471 g/mol. The zero-order valence-electron chi connectivity index (χ0n) is 19.2. The third-order valence-corrected chi connectivity index (χ3v) is 5.82. The first kappa shape index (κ1) is 22.3. The van der Waals surface area contributed by atoms with Crippen LogP contribution >= 0.6 is 0 Å². The highest BCUT2D eigenvalue weighted by atomic mass is 16.3. The summed E-state index contributed by atoms with van der Waals surface area (Å²) in [5.41, 5.74) is 8.28. The number of primary amides is 1. The van der Waals surface area contributed by atoms with Crippen molar-refractivity contribution in [2.24, 2.45) is 11.7 Å². The van der Waals surface area contributed by atoms with Crippen LogP contribution < -0.4 is 16.4 Å². The van der Waals surface area contributed by atoms with Gasteiger partial charge in [0.1, 0.15) is 12.1 Å². The van der Waals surface area contributed by atoms with Gasteiger partial charge in [-0.1, -0.05) is 19.1 Å². The van der Waals surface area contributed by atoms with E-state index in [0.29, 0.717) is 11.5 Å². The molecule has 3 heterocycles. The molecule has 4 aromatic rings. The summed E-state index contributed by atoms with van der Waals surface area (Å²) >= 11 is 0. The Kier molecular flexibility index (Phi) is 6.01. The zero-order chi connectivity index (χ0) is 24.4. The van der Waals surface area contributed by atoms with Crippen molar-refractivity contribution in [3.63, 3.8) is 0 Å². The predicted octanol–water partition coefficient (Wildman–Crippen LogP) is 3.66. The van der Waals surface area contributed by atoms with Gasteiger partial charge in [-0.05, 0) is 55.0 Å². The summed E-state index contributed by atoms with van der Waals surface area (Å²) in [6.45, 7) is 2.95. The maximum atomic E-state index is 12.9. The summed E-state index contributed by atoms with van der Waals surface area (Å²) in [7, 11) is 0. The summed E-state index contributed by atoms with van der Waals surface area (Å²) in [6, 6.07) is 11.3. The second kappa shape index (κ2) is 9.41. The first-order valence-corrected chi connectivity index (χ1v) is 11.5. The minimum Gasteiger partial charge on any atom is -0.444 e. The van der Waals surface area contributed by atoms with Gasteiger partial charge in [0.2, 0.25) is 5.89 Å². The first-order chi connectivity index (χ1) is 17.0. The van der Waals surface area contributed by atoms with Gasteiger partial charge in [-0.15, -0.1) is 0 Å². The Labute approximate surface area is 201 Å². The van der Waals surface area contributed by atoms with Crippen LogP contribution in [0.2, 0.25) is 0 Å². The molecule has 0 spiro atoms. The number of benzene rings is 1. The number of pyridine rings is 1. The molecule has 1 aliphatic carbocycles. The molecule has 178 valence electrons. The van der Waals surface area contributed by atoms with Crippen LogP contribution in [0.1, 0.15) is 46.3 Å². The smallest absolute Gasteiger partial charge is 0.277 e. The summed E-state index contributed by atoms with van der Waals surface area (Å²) in [5, 5.41) is 10.2. The van der Waals surface area contributed by atoms with Gasteiger partial charge in [-0.3, -0.25) is 9.59 Å². The summed E-state index contributed by atoms with van der Waals surface area (Å²) in [6.07, 6.45) is 7.86. The average molecular weight is 472 g/mol. The molecule has 1 aromatic carbocycles. The van der Waals surface area contributed by atoms with E-state index in [1.165, 1.54) is 29.4 Å². The van der Waals surface area contributed by atoms with Crippen LogP contribution in [-0.4, -0.2) is 38.1 Å². The first-order valence-electron chi connectivity index (χ1n) is 11.5. The van der Waals surface area contributed by atoms with Crippen LogP contribution in [0.3, 0.4) is 0 Å². The topological polar surface area (TPSA) is 141 Å². The number of carbonyl (C=O) groups excluding carboxylic acids is 2. The predicted molar refractivity (Wildman–Crippen MR) is 130 cm³/mol. The molecule has 3 aromatic heterocycles. The highest BCUT2D eigenvalue weighted by Crippen LogP contribution is 2.29. The average Bonchev–Trinajstić information content (AvgIpc) is 3.39. The second-order valence-corrected chi connectivity index (χ2v) is 8.47. The standard InChI is InChI=1S/C25H25N7O3/c1-2-15-5-7-18(8-6-15)32-13-19(22(31-32)23(26)33)29-24(34)20-14-35-25(30-20)17-9-10-27-21(11-17)28-12-16-3-4-16/h5-11,13-14,16H,2-4,12H2,1H3,(H2,26,33)(H,27,28)(H,29,34). The van der Waals surface area contributed by atoms with Gasteiger partial charge in [0.15, 0.2) is 11.4 Å². The molecule has 10 nitrogen and oxygen atoms in total. The molecular weight excluding hydrogens is 446 g/mol. The molecule has 4 N–H and O–H groups in total. The Bertz CT molecular complexity index is 1370. The Morgan fingerprint density at radius 2 is 2.00 bits per heavy atom. The molecule has 0 saturated heterocycles. The number of nitrogens with one attached hydrogen (secondary N) is 2. The second-order valence-electron chi connectivity index (χ2n) is 8.47. The molecule has 5 rings (SSSR count). The molecule has 2 amide bonds. The van der Waals surface area contributed by atoms with Crippen LogP contribution in [0.5, 0.6) is 0 Å². The number of amides is 2. The summed E-state index contributed by atoms with van der Waals surface area (Å²) in [5.74, 6) is 0.415. The fourth-order valence-corrected chi connectivity index (χ4v) is 3.59. The summed E-state index contributed by atoms with van der Waals surface area (Å²) in [4.78, 5) is 33.4. The van der Waals surface area contributed by atoms with E-state index >= 15 is 0 Å². The lowest BCUT2D eigenvalue weighted by Gasteiger charge is -2.04. The number of nitrogens with zero attached hydrogens (tertiary/aromatic N) is 4. The van der Waals surface area contributed by atoms with Gasteiger partial charge < -0.3 is 20.8 Å². The van der Waals surface area contributed by atoms with E-state index in [0.717, 1.165) is 24.5 Å². The largest absolute Gasteiger partial charge is 0.444 e. The normalized spacial score (nSPS) is 12.9. The lowest BCUT2D eigenvalue weighted by Crippen LogP contribution is -2.18. The number of carbonyl (C=O) groups is 2. The molecule has 1 fully saturated rings. The Morgan fingerprint density at radius 3 is 2.71 bits per heavy atom. The highest BCUT2D eigenvalue weighted by Gasteiger charge is 2.22. The third kappa shape index (κ3) is 5.06. The van der Waals surface area contributed by atoms with Crippen molar-refractivity contribution < 1.29 is 14.0 Å². The fourth-order valence-electron chi connectivity index (χ4n) is 3.59. The van der Waals surface area contributed by atoms with Crippen molar-refractivity contribution in [3.05, 3.63) is 72.0 Å². The maximum Gasteiger partial charge on any atom is 0.277 e. The van der Waals surface area contributed by atoms with E-state index in [1.54, 1.807) is 18.5 Å². The number of hydrogen-bond acceptors (Lipinski definition) is 7. The lowest BCUT2D eigenvalue weighted by atomic mass is 10.1. The van der Waals surface area contributed by atoms with Crippen LogP contribution in [-0.2, 0) is 6.42 Å². The van der Waals surface area contributed by atoms with Crippen LogP contribution in [0.15, 0.2) is 59.5 Å². The molecule has 0 aliphatic heterocycles. The highest BCUT2D eigenvalue weighted by molar-refractivity contribution is 6.07. The van der Waals surface area contributed by atoms with E-state index in [-0.39, 0.29) is 23.0 Å². The molecular formula is C25H25N7O3. The van der Waals surface area contributed by atoms with Gasteiger partial charge in [-0.25, -0.2) is 14.6 Å². The van der Waals surface area contributed by atoms with Gasteiger partial charge in [0, 0.05) is 18.3 Å². The van der Waals surface area contributed by atoms with Crippen molar-refractivity contribution >= 4 is 23.3 Å². The van der Waals surface area contributed by atoms with Gasteiger partial charge >= 0.3 is 0 Å². The SMILES string of the molecule is CCc1ccc(-n2cc(NC(=O)c3coc(-c4ccnc(NCC5CC5)c4)n3)c(C(N)=O)n2)cc1. The Hall–Kier alpha value is -4.47. The van der Waals surface area contributed by atoms with E-state index in [9.17, 15) is 9.59 Å². The van der Waals surface area contributed by atoms with Gasteiger partial charge in [-0.2, -0.15) is 5.10 Å². The maximum absolute atomic E-state index is 12.9. The number of aryl methyl sites for hydroxylation is 1. The van der Waals surface area contributed by atoms with Crippen molar-refractivity contribution in [2.75, 3.05) is 17.2 Å². The number of nitrogens with two attached hydrogens (primary N) is 1. The molecule has 1 saturated carbocycles. The molecule has 0 atom stereocenters. The van der Waals surface area contributed by atoms with Crippen LogP contribution in [0, 0.1) is 5.92 Å². The number of oxazole rings is 1. The minimum absolute atomic E-state index is 0.0536. The molecule has 0 bridgehead atoms. The number of hydrogen-bond donors (Lipinski definition) is 3. The minimum atomic E-state index is -0.756. The number of rotatable bonds is 9. The van der Waals surface area contributed by atoms with E-state index in [4.69, 9.17) is 10.2 Å². The van der Waals surface area contributed by atoms with Gasteiger partial charge in [0.25, 0.3) is 11.8 Å². The number of anilines is 2. The lowest BCUT2D eigenvalue weighted by molar-refractivity contribution is 0.0996. The Balaban J connectivity index is 1.33. The van der Waals surface area contributed by atoms with E-state index in [1.807, 2.05) is 30.3 Å². The number of aromatic nitrogens is 4. The molecule has 10 heteroatoms. The third-order valence-electron chi connectivity index (χ3n) is 5.82. The van der Waals surface area contributed by atoms with Crippen molar-refractivity contribution in [1.29, 1.82) is 0 Å². The fraction of sp³-hybridized carbons (Fsp3) is 0.240. The Morgan fingerprint density at radius 1 is 1.20 bits per heavy atom. The van der Waals surface area contributed by atoms with Gasteiger partial charge in [0.05, 0.1) is 17.6 Å². The molecule has 0 radical (unpaired) electrons. The zero-order valence-corrected chi connectivity index (χ0v) is 19.2. The van der Waals surface area contributed by atoms with Crippen LogP contribution in [0.25, 0.3) is 17.1 Å².